The zero-order valence-electron chi connectivity index (χ0n) is 12.8. The van der Waals surface area contributed by atoms with Gasteiger partial charge in [-0.3, -0.25) is 4.79 Å². The minimum atomic E-state index is -0.450. The third-order valence-electron chi connectivity index (χ3n) is 7.12. The van der Waals surface area contributed by atoms with Crippen LogP contribution in [0.5, 0.6) is 0 Å². The highest BCUT2D eigenvalue weighted by molar-refractivity contribution is 5.89. The Kier molecular flexibility index (Phi) is 2.83. The number of Topliss-reactive ketones (excluding diaryl/α,β-unsaturated/α-hetero) is 1. The number of ketones is 1. The largest absolute Gasteiger partial charge is 0.302 e. The van der Waals surface area contributed by atoms with Crippen LogP contribution in [0, 0.1) is 28.6 Å². The summed E-state index contributed by atoms with van der Waals surface area (Å²) in [6, 6.07) is 0. The lowest BCUT2D eigenvalue weighted by Crippen LogP contribution is -2.53. The molecule has 0 radical (unpaired) electrons. The van der Waals surface area contributed by atoms with Crippen LogP contribution in [0.25, 0.3) is 0 Å². The normalized spacial score (nSPS) is 48.1. The smallest absolute Gasteiger partial charge is 0.140 e. The van der Waals surface area contributed by atoms with Gasteiger partial charge in [-0.2, -0.15) is 0 Å². The maximum atomic E-state index is 12.8. The number of carbonyl (C=O) groups excluding carboxylic acids is 2. The third-order valence-corrected chi connectivity index (χ3v) is 7.12. The van der Waals surface area contributed by atoms with Crippen molar-refractivity contribution in [3.63, 3.8) is 0 Å². The van der Waals surface area contributed by atoms with E-state index >= 15 is 0 Å². The molecule has 1 unspecified atom stereocenters. The molecule has 0 aliphatic heterocycles. The van der Waals surface area contributed by atoms with E-state index in [1.807, 2.05) is 12.2 Å². The molecular weight excluding hydrogens is 260 g/mol. The van der Waals surface area contributed by atoms with Gasteiger partial charge in [0, 0.05) is 12.3 Å². The van der Waals surface area contributed by atoms with Gasteiger partial charge in [0.15, 0.2) is 0 Å². The van der Waals surface area contributed by atoms with Gasteiger partial charge in [-0.15, -0.1) is 0 Å². The van der Waals surface area contributed by atoms with E-state index in [9.17, 15) is 9.59 Å². The maximum absolute atomic E-state index is 12.8. The topological polar surface area (TPSA) is 34.1 Å². The van der Waals surface area contributed by atoms with Crippen molar-refractivity contribution in [3.8, 4) is 0 Å². The number of rotatable bonds is 1. The van der Waals surface area contributed by atoms with Crippen molar-refractivity contribution in [2.45, 2.75) is 51.9 Å². The first-order valence-corrected chi connectivity index (χ1v) is 8.50. The lowest BCUT2D eigenvalue weighted by Gasteiger charge is -2.57. The third kappa shape index (κ3) is 1.65. The standard InChI is InChI=1S/C19H24O2/c1-18-8-3-2-5-13(18)11-16(21)17-14(18)7-10-19(12-20)9-4-6-15(17)19/h4,6,9,12-14,17H,2-3,5,7-8,10-11H2,1H3/t13?,14-,17+,18-,19-/m0/s1. The summed E-state index contributed by atoms with van der Waals surface area (Å²) in [4.78, 5) is 24.5. The van der Waals surface area contributed by atoms with E-state index in [1.54, 1.807) is 0 Å². The Hall–Kier alpha value is -1.18. The first kappa shape index (κ1) is 13.5. The van der Waals surface area contributed by atoms with Gasteiger partial charge in [-0.25, -0.2) is 0 Å². The Morgan fingerprint density at radius 1 is 1.24 bits per heavy atom. The molecule has 0 spiro atoms. The molecule has 0 amide bonds. The molecule has 0 N–H and O–H groups in total. The van der Waals surface area contributed by atoms with Crippen molar-refractivity contribution in [2.24, 2.45) is 28.6 Å². The van der Waals surface area contributed by atoms with Gasteiger partial charge in [-0.1, -0.05) is 38.0 Å². The van der Waals surface area contributed by atoms with Crippen LogP contribution in [0.2, 0.25) is 0 Å². The molecule has 2 heteroatoms. The highest BCUT2D eigenvalue weighted by atomic mass is 16.1. The second kappa shape index (κ2) is 4.41. The molecule has 21 heavy (non-hydrogen) atoms. The average Bonchev–Trinajstić information content (AvgIpc) is 2.92. The minimum absolute atomic E-state index is 0.0123. The quantitative estimate of drug-likeness (QED) is 0.685. The lowest BCUT2D eigenvalue weighted by atomic mass is 9.46. The van der Waals surface area contributed by atoms with Gasteiger partial charge in [0.1, 0.15) is 12.1 Å². The van der Waals surface area contributed by atoms with Crippen LogP contribution in [0.1, 0.15) is 51.9 Å². The zero-order chi connectivity index (χ0) is 14.7. The Balaban J connectivity index is 1.76. The molecule has 3 fully saturated rings. The first-order valence-electron chi connectivity index (χ1n) is 8.50. The molecule has 4 rings (SSSR count). The molecule has 0 aromatic rings. The average molecular weight is 284 g/mol. The van der Waals surface area contributed by atoms with Crippen LogP contribution in [0.3, 0.4) is 0 Å². The Morgan fingerprint density at radius 2 is 2.10 bits per heavy atom. The molecule has 2 nitrogen and oxygen atoms in total. The van der Waals surface area contributed by atoms with E-state index in [1.165, 1.54) is 25.7 Å². The van der Waals surface area contributed by atoms with Crippen molar-refractivity contribution in [2.75, 3.05) is 0 Å². The summed E-state index contributed by atoms with van der Waals surface area (Å²) >= 11 is 0. The summed E-state index contributed by atoms with van der Waals surface area (Å²) in [6.07, 6.45) is 14.9. The van der Waals surface area contributed by atoms with Gasteiger partial charge >= 0.3 is 0 Å². The van der Waals surface area contributed by atoms with Crippen LogP contribution < -0.4 is 0 Å². The predicted molar refractivity (Wildman–Crippen MR) is 81.6 cm³/mol. The van der Waals surface area contributed by atoms with Gasteiger partial charge < -0.3 is 4.79 Å². The number of hydrogen-bond donors (Lipinski definition) is 0. The summed E-state index contributed by atoms with van der Waals surface area (Å²) in [5.74, 6) is 1.46. The van der Waals surface area contributed by atoms with Crippen molar-refractivity contribution in [1.29, 1.82) is 0 Å². The highest BCUT2D eigenvalue weighted by Crippen LogP contribution is 2.62. The van der Waals surface area contributed by atoms with Crippen LogP contribution in [0.15, 0.2) is 23.8 Å². The molecule has 0 aromatic heterocycles. The summed E-state index contributed by atoms with van der Waals surface area (Å²) in [6.45, 7) is 2.43. The van der Waals surface area contributed by atoms with E-state index in [2.05, 4.69) is 13.0 Å². The first-order chi connectivity index (χ1) is 10.1. The van der Waals surface area contributed by atoms with E-state index in [0.717, 1.165) is 31.1 Å². The lowest BCUT2D eigenvalue weighted by molar-refractivity contribution is -0.140. The van der Waals surface area contributed by atoms with Crippen molar-refractivity contribution >= 4 is 12.1 Å². The minimum Gasteiger partial charge on any atom is -0.302 e. The Bertz CT molecular complexity index is 558. The molecule has 112 valence electrons. The number of aldehydes is 1. The molecule has 0 saturated heterocycles. The second-order valence-electron chi connectivity index (χ2n) is 7.88. The van der Waals surface area contributed by atoms with Gasteiger partial charge in [0.25, 0.3) is 0 Å². The maximum Gasteiger partial charge on any atom is 0.140 e. The van der Waals surface area contributed by atoms with E-state index in [0.29, 0.717) is 23.0 Å². The highest BCUT2D eigenvalue weighted by Gasteiger charge is 2.58. The molecule has 0 bridgehead atoms. The van der Waals surface area contributed by atoms with Crippen molar-refractivity contribution < 1.29 is 9.59 Å². The zero-order valence-corrected chi connectivity index (χ0v) is 12.8. The molecule has 0 heterocycles. The molecule has 3 saturated carbocycles. The summed E-state index contributed by atoms with van der Waals surface area (Å²) in [5.41, 5.74) is 0.980. The molecule has 0 aromatic carbocycles. The number of carbonyl (C=O) groups is 2. The van der Waals surface area contributed by atoms with Gasteiger partial charge in [0.2, 0.25) is 0 Å². The molecule has 4 aliphatic rings. The van der Waals surface area contributed by atoms with Crippen LogP contribution in [0.4, 0.5) is 0 Å². The fraction of sp³-hybridized carbons (Fsp3) is 0.684. The summed E-state index contributed by atoms with van der Waals surface area (Å²) in [5, 5.41) is 0. The molecule has 4 aliphatic carbocycles. The Morgan fingerprint density at radius 3 is 2.90 bits per heavy atom. The summed E-state index contributed by atoms with van der Waals surface area (Å²) < 4.78 is 0. The van der Waals surface area contributed by atoms with Gasteiger partial charge in [0.05, 0.1) is 5.41 Å². The van der Waals surface area contributed by atoms with E-state index < -0.39 is 5.41 Å². The number of hydrogen-bond acceptors (Lipinski definition) is 2. The SMILES string of the molecule is C[C@]12CCCCC1CC(=O)[C@H]1C3=CC=C[C@@]3(C=O)CC[C@@H]12. The fourth-order valence-corrected chi connectivity index (χ4v) is 5.87. The van der Waals surface area contributed by atoms with Crippen LogP contribution in [-0.4, -0.2) is 12.1 Å². The van der Waals surface area contributed by atoms with Crippen molar-refractivity contribution in [1.82, 2.24) is 0 Å². The Labute approximate surface area is 126 Å². The van der Waals surface area contributed by atoms with E-state index in [4.69, 9.17) is 0 Å². The van der Waals surface area contributed by atoms with Crippen molar-refractivity contribution in [3.05, 3.63) is 23.8 Å². The van der Waals surface area contributed by atoms with Crippen LogP contribution >= 0.6 is 0 Å². The monoisotopic (exact) mass is 284 g/mol. The molecule has 5 atom stereocenters. The van der Waals surface area contributed by atoms with Crippen LogP contribution in [-0.2, 0) is 9.59 Å². The predicted octanol–water partition coefficient (Wildman–Crippen LogP) is 3.86. The second-order valence-corrected chi connectivity index (χ2v) is 7.88. The van der Waals surface area contributed by atoms with E-state index in [-0.39, 0.29) is 5.92 Å². The molecular formula is C19H24O2. The van der Waals surface area contributed by atoms with Gasteiger partial charge in [-0.05, 0) is 48.5 Å². The number of fused-ring (bicyclic) bond motifs is 5. The fourth-order valence-electron chi connectivity index (χ4n) is 5.87. The number of allylic oxidation sites excluding steroid dienone is 4. The summed E-state index contributed by atoms with van der Waals surface area (Å²) in [7, 11) is 0.